The molecule has 1 aromatic heterocycles. The van der Waals surface area contributed by atoms with Gasteiger partial charge in [-0.05, 0) is 31.9 Å². The van der Waals surface area contributed by atoms with Gasteiger partial charge in [-0.1, -0.05) is 18.2 Å². The van der Waals surface area contributed by atoms with Crippen LogP contribution in [0.3, 0.4) is 0 Å². The van der Waals surface area contributed by atoms with Crippen LogP contribution in [-0.2, 0) is 6.42 Å². The van der Waals surface area contributed by atoms with Gasteiger partial charge in [0.1, 0.15) is 5.82 Å². The Balaban J connectivity index is 0.00000225. The van der Waals surface area contributed by atoms with Crippen molar-refractivity contribution in [2.24, 2.45) is 4.99 Å². The average Bonchev–Trinajstić information content (AvgIpc) is 3.19. The highest BCUT2D eigenvalue weighted by molar-refractivity contribution is 14.0. The molecule has 3 rings (SSSR count). The van der Waals surface area contributed by atoms with Crippen molar-refractivity contribution in [3.8, 4) is 0 Å². The molecule has 2 atom stereocenters. The van der Waals surface area contributed by atoms with Crippen LogP contribution < -0.4 is 10.6 Å². The van der Waals surface area contributed by atoms with Crippen molar-refractivity contribution in [1.82, 2.24) is 15.6 Å². The van der Waals surface area contributed by atoms with Gasteiger partial charge in [-0.25, -0.2) is 9.37 Å². The zero-order valence-corrected chi connectivity index (χ0v) is 17.6. The van der Waals surface area contributed by atoms with Gasteiger partial charge in [-0.2, -0.15) is 0 Å². The summed E-state index contributed by atoms with van der Waals surface area (Å²) in [6.45, 7) is 5.55. The zero-order valence-electron chi connectivity index (χ0n) is 14.5. The lowest BCUT2D eigenvalue weighted by Gasteiger charge is -2.11. The molecule has 2 N–H and O–H groups in total. The molecule has 1 heterocycles. The van der Waals surface area contributed by atoms with Crippen LogP contribution in [0, 0.1) is 12.7 Å². The predicted octanol–water partition coefficient (Wildman–Crippen LogP) is 3.86. The number of nitrogens with zero attached hydrogens (tertiary/aromatic N) is 2. The van der Waals surface area contributed by atoms with Gasteiger partial charge in [-0.3, -0.25) is 4.99 Å². The van der Waals surface area contributed by atoms with E-state index in [1.807, 2.05) is 26.0 Å². The molecule has 0 bridgehead atoms. The first-order valence-electron chi connectivity index (χ1n) is 8.37. The molecule has 1 fully saturated rings. The third kappa shape index (κ3) is 5.64. The van der Waals surface area contributed by atoms with Gasteiger partial charge in [0.15, 0.2) is 5.96 Å². The van der Waals surface area contributed by atoms with Crippen molar-refractivity contribution in [3.63, 3.8) is 0 Å². The Bertz CT molecular complexity index is 719. The van der Waals surface area contributed by atoms with Crippen LogP contribution in [0.5, 0.6) is 0 Å². The normalized spacial score (nSPS) is 19.2. The molecule has 7 heteroatoms. The molecule has 1 saturated carbocycles. The van der Waals surface area contributed by atoms with E-state index in [1.54, 1.807) is 17.4 Å². The summed E-state index contributed by atoms with van der Waals surface area (Å²) in [4.78, 5) is 9.07. The monoisotopic (exact) mass is 474 g/mol. The number of nitrogens with one attached hydrogen (secondary N) is 2. The Kier molecular flexibility index (Phi) is 7.61. The maximum absolute atomic E-state index is 13.9. The van der Waals surface area contributed by atoms with Crippen molar-refractivity contribution >= 4 is 41.3 Å². The topological polar surface area (TPSA) is 49.3 Å². The van der Waals surface area contributed by atoms with Gasteiger partial charge in [0.05, 0.1) is 10.7 Å². The molecule has 0 saturated heterocycles. The second-order valence-electron chi connectivity index (χ2n) is 5.98. The largest absolute Gasteiger partial charge is 0.357 e. The molecular weight excluding hydrogens is 450 g/mol. The summed E-state index contributed by atoms with van der Waals surface area (Å²) in [7, 11) is 0. The smallest absolute Gasteiger partial charge is 0.191 e. The van der Waals surface area contributed by atoms with Crippen molar-refractivity contribution in [1.29, 1.82) is 0 Å². The first kappa shape index (κ1) is 20.1. The first-order chi connectivity index (χ1) is 11.7. The van der Waals surface area contributed by atoms with Gasteiger partial charge in [0, 0.05) is 36.9 Å². The van der Waals surface area contributed by atoms with E-state index in [4.69, 9.17) is 0 Å². The summed E-state index contributed by atoms with van der Waals surface area (Å²) in [6.07, 6.45) is 1.78. The molecule has 1 aliphatic rings. The van der Waals surface area contributed by atoms with Crippen molar-refractivity contribution in [2.45, 2.75) is 38.6 Å². The lowest BCUT2D eigenvalue weighted by atomic mass is 10.1. The molecule has 2 aromatic rings. The Hall–Kier alpha value is -1.22. The number of aliphatic imine (C=N–C) groups is 1. The summed E-state index contributed by atoms with van der Waals surface area (Å²) in [5.41, 5.74) is 1.89. The minimum absolute atomic E-state index is 0. The minimum Gasteiger partial charge on any atom is -0.357 e. The molecule has 136 valence electrons. The van der Waals surface area contributed by atoms with E-state index in [-0.39, 0.29) is 41.8 Å². The fourth-order valence-electron chi connectivity index (χ4n) is 2.77. The first-order valence-corrected chi connectivity index (χ1v) is 9.25. The number of benzene rings is 1. The fraction of sp³-hybridized carbons (Fsp3) is 0.444. The molecule has 0 amide bonds. The highest BCUT2D eigenvalue weighted by atomic mass is 127. The quantitative estimate of drug-likeness (QED) is 0.380. The number of halogens is 2. The Labute approximate surface area is 169 Å². The summed E-state index contributed by atoms with van der Waals surface area (Å²) in [6, 6.07) is 7.27. The molecule has 0 spiro atoms. The highest BCUT2D eigenvalue weighted by Gasteiger charge is 2.40. The van der Waals surface area contributed by atoms with Crippen LogP contribution >= 0.6 is 35.3 Å². The van der Waals surface area contributed by atoms with Crippen LogP contribution in [-0.4, -0.2) is 30.1 Å². The number of rotatable bonds is 6. The molecule has 0 aliphatic heterocycles. The van der Waals surface area contributed by atoms with E-state index in [0.717, 1.165) is 41.6 Å². The van der Waals surface area contributed by atoms with Crippen LogP contribution in [0.15, 0.2) is 34.6 Å². The molecule has 1 aromatic carbocycles. The van der Waals surface area contributed by atoms with Gasteiger partial charge < -0.3 is 10.6 Å². The number of hydrogen-bond donors (Lipinski definition) is 2. The van der Waals surface area contributed by atoms with Crippen molar-refractivity contribution < 1.29 is 4.39 Å². The second-order valence-corrected chi connectivity index (χ2v) is 7.05. The number of aryl methyl sites for hydroxylation is 1. The third-order valence-corrected chi connectivity index (χ3v) is 4.89. The number of aromatic nitrogens is 1. The number of guanidine groups is 1. The minimum atomic E-state index is -0.118. The lowest BCUT2D eigenvalue weighted by Crippen LogP contribution is -2.39. The Morgan fingerprint density at radius 2 is 2.20 bits per heavy atom. The van der Waals surface area contributed by atoms with Crippen molar-refractivity contribution in [2.75, 3.05) is 13.1 Å². The summed E-state index contributed by atoms with van der Waals surface area (Å²) in [5.74, 6) is 0.914. The molecular formula is C18H24FIN4S. The highest BCUT2D eigenvalue weighted by Crippen LogP contribution is 2.41. The van der Waals surface area contributed by atoms with Crippen molar-refractivity contribution in [3.05, 3.63) is 51.7 Å². The van der Waals surface area contributed by atoms with Crippen LogP contribution in [0.25, 0.3) is 0 Å². The number of hydrogen-bond acceptors (Lipinski definition) is 3. The predicted molar refractivity (Wildman–Crippen MR) is 113 cm³/mol. The Morgan fingerprint density at radius 3 is 2.88 bits per heavy atom. The van der Waals surface area contributed by atoms with E-state index < -0.39 is 0 Å². The molecule has 25 heavy (non-hydrogen) atoms. The van der Waals surface area contributed by atoms with Gasteiger partial charge in [0.25, 0.3) is 0 Å². The standard InChI is InChI=1S/C18H23FN4S.HI/c1-3-20-18(21-9-8-13-11-24-12(2)22-13)23-17-10-15(17)14-6-4-5-7-16(14)19;/h4-7,11,15,17H,3,8-10H2,1-2H3,(H2,20,21,23);1H. The van der Waals surface area contributed by atoms with Crippen LogP contribution in [0.2, 0.25) is 0 Å². The summed E-state index contributed by atoms with van der Waals surface area (Å²) in [5, 5.41) is 9.84. The van der Waals surface area contributed by atoms with E-state index in [1.165, 1.54) is 6.07 Å². The van der Waals surface area contributed by atoms with Gasteiger partial charge in [0.2, 0.25) is 0 Å². The van der Waals surface area contributed by atoms with E-state index in [9.17, 15) is 4.39 Å². The van der Waals surface area contributed by atoms with E-state index in [2.05, 4.69) is 26.0 Å². The number of thiazole rings is 1. The lowest BCUT2D eigenvalue weighted by molar-refractivity contribution is 0.607. The SMILES string of the molecule is CCNC(=NCCc1csc(C)n1)NC1CC1c1ccccc1F.I. The van der Waals surface area contributed by atoms with Crippen LogP contribution in [0.4, 0.5) is 4.39 Å². The third-order valence-electron chi connectivity index (χ3n) is 4.07. The zero-order chi connectivity index (χ0) is 16.9. The maximum atomic E-state index is 13.9. The van der Waals surface area contributed by atoms with E-state index >= 15 is 0 Å². The molecule has 2 unspecified atom stereocenters. The molecule has 1 aliphatic carbocycles. The summed E-state index contributed by atoms with van der Waals surface area (Å²) < 4.78 is 13.9. The summed E-state index contributed by atoms with van der Waals surface area (Å²) >= 11 is 1.67. The molecule has 4 nitrogen and oxygen atoms in total. The van der Waals surface area contributed by atoms with Gasteiger partial charge in [-0.15, -0.1) is 35.3 Å². The maximum Gasteiger partial charge on any atom is 0.191 e. The second kappa shape index (κ2) is 9.47. The van der Waals surface area contributed by atoms with Gasteiger partial charge >= 0.3 is 0 Å². The Morgan fingerprint density at radius 1 is 1.40 bits per heavy atom. The van der Waals surface area contributed by atoms with E-state index in [0.29, 0.717) is 6.54 Å². The average molecular weight is 474 g/mol. The van der Waals surface area contributed by atoms with Crippen LogP contribution in [0.1, 0.15) is 35.5 Å². The molecule has 0 radical (unpaired) electrons. The fourth-order valence-corrected chi connectivity index (χ4v) is 3.42.